The molecule has 23 heavy (non-hydrogen) atoms. The Kier molecular flexibility index (Phi) is 9.80. The minimum atomic E-state index is -0.810. The summed E-state index contributed by atoms with van der Waals surface area (Å²) in [6, 6.07) is 7.68. The summed E-state index contributed by atoms with van der Waals surface area (Å²) in [6.07, 6.45) is 2.13. The molecule has 0 saturated carbocycles. The molecule has 0 aliphatic carbocycles. The Morgan fingerprint density at radius 1 is 1.04 bits per heavy atom. The van der Waals surface area contributed by atoms with E-state index in [2.05, 4.69) is 0 Å². The van der Waals surface area contributed by atoms with E-state index < -0.39 is 17.9 Å². The van der Waals surface area contributed by atoms with E-state index in [0.717, 1.165) is 28.5 Å². The van der Waals surface area contributed by atoms with E-state index in [-0.39, 0.29) is 13.2 Å². The molecule has 1 aromatic carbocycles. The molecular formula is C17H23ClO4S. The molecule has 0 atom stereocenters. The van der Waals surface area contributed by atoms with Gasteiger partial charge in [-0.1, -0.05) is 18.0 Å². The number of rotatable bonds is 10. The summed E-state index contributed by atoms with van der Waals surface area (Å²) < 4.78 is 9.90. The fourth-order valence-electron chi connectivity index (χ4n) is 1.99. The molecule has 6 heteroatoms. The lowest BCUT2D eigenvalue weighted by atomic mass is 10.0. The second-order valence-corrected chi connectivity index (χ2v) is 6.46. The number of unbranched alkanes of at least 4 members (excludes halogenated alkanes) is 1. The van der Waals surface area contributed by atoms with Crippen LogP contribution < -0.4 is 0 Å². The summed E-state index contributed by atoms with van der Waals surface area (Å²) in [7, 11) is 0. The maximum Gasteiger partial charge on any atom is 0.320 e. The van der Waals surface area contributed by atoms with Crippen LogP contribution >= 0.6 is 23.4 Å². The van der Waals surface area contributed by atoms with Crippen molar-refractivity contribution in [1.82, 2.24) is 0 Å². The summed E-state index contributed by atoms with van der Waals surface area (Å²) in [5.41, 5.74) is 0. The van der Waals surface area contributed by atoms with Crippen LogP contribution in [0, 0.1) is 5.92 Å². The van der Waals surface area contributed by atoms with Crippen LogP contribution in [0.2, 0.25) is 5.02 Å². The van der Waals surface area contributed by atoms with Crippen LogP contribution in [0.25, 0.3) is 0 Å². The average molecular weight is 359 g/mol. The van der Waals surface area contributed by atoms with Crippen molar-refractivity contribution in [2.45, 2.75) is 38.0 Å². The Morgan fingerprint density at radius 3 is 2.13 bits per heavy atom. The third-order valence-electron chi connectivity index (χ3n) is 3.11. The van der Waals surface area contributed by atoms with Crippen LogP contribution in [0.5, 0.6) is 0 Å². The van der Waals surface area contributed by atoms with Gasteiger partial charge in [-0.3, -0.25) is 9.59 Å². The number of carbonyl (C=O) groups is 2. The molecule has 0 amide bonds. The molecule has 0 radical (unpaired) electrons. The van der Waals surface area contributed by atoms with Crippen molar-refractivity contribution >= 4 is 35.3 Å². The van der Waals surface area contributed by atoms with Gasteiger partial charge in [-0.05, 0) is 56.7 Å². The van der Waals surface area contributed by atoms with Gasteiger partial charge in [0.25, 0.3) is 0 Å². The van der Waals surface area contributed by atoms with Crippen molar-refractivity contribution < 1.29 is 19.1 Å². The smallest absolute Gasteiger partial charge is 0.320 e. The van der Waals surface area contributed by atoms with E-state index >= 15 is 0 Å². The molecule has 0 N–H and O–H groups in total. The monoisotopic (exact) mass is 358 g/mol. The molecule has 0 spiro atoms. The Morgan fingerprint density at radius 2 is 1.61 bits per heavy atom. The first-order valence-electron chi connectivity index (χ1n) is 7.80. The number of halogens is 1. The van der Waals surface area contributed by atoms with Crippen LogP contribution in [-0.2, 0) is 19.1 Å². The molecule has 0 aromatic heterocycles. The van der Waals surface area contributed by atoms with Gasteiger partial charge < -0.3 is 9.47 Å². The lowest BCUT2D eigenvalue weighted by Crippen LogP contribution is -2.28. The van der Waals surface area contributed by atoms with Crippen LogP contribution in [0.4, 0.5) is 0 Å². The maximum atomic E-state index is 11.8. The van der Waals surface area contributed by atoms with E-state index in [1.54, 1.807) is 25.6 Å². The lowest BCUT2D eigenvalue weighted by molar-refractivity contribution is -0.161. The molecule has 0 heterocycles. The highest BCUT2D eigenvalue weighted by Crippen LogP contribution is 2.22. The Bertz CT molecular complexity index is 472. The molecule has 0 saturated heterocycles. The van der Waals surface area contributed by atoms with Gasteiger partial charge in [-0.15, -0.1) is 11.8 Å². The second-order valence-electron chi connectivity index (χ2n) is 4.85. The van der Waals surface area contributed by atoms with Gasteiger partial charge in [0.2, 0.25) is 0 Å². The van der Waals surface area contributed by atoms with Crippen molar-refractivity contribution in [3.05, 3.63) is 29.3 Å². The topological polar surface area (TPSA) is 52.6 Å². The van der Waals surface area contributed by atoms with Crippen molar-refractivity contribution in [2.24, 2.45) is 5.92 Å². The van der Waals surface area contributed by atoms with Gasteiger partial charge in [-0.25, -0.2) is 0 Å². The first kappa shape index (κ1) is 19.8. The quantitative estimate of drug-likeness (QED) is 0.269. The lowest BCUT2D eigenvalue weighted by Gasteiger charge is -2.14. The molecular weight excluding hydrogens is 336 g/mol. The van der Waals surface area contributed by atoms with E-state index in [1.807, 2.05) is 24.3 Å². The molecule has 1 rings (SSSR count). The third-order valence-corrected chi connectivity index (χ3v) is 4.46. The highest BCUT2D eigenvalue weighted by Gasteiger charge is 2.28. The molecule has 4 nitrogen and oxygen atoms in total. The number of hydrogen-bond acceptors (Lipinski definition) is 5. The van der Waals surface area contributed by atoms with Crippen molar-refractivity contribution in [3.8, 4) is 0 Å². The van der Waals surface area contributed by atoms with Gasteiger partial charge in [0.15, 0.2) is 5.92 Å². The van der Waals surface area contributed by atoms with Crippen LogP contribution in [0.3, 0.4) is 0 Å². The van der Waals surface area contributed by atoms with E-state index in [9.17, 15) is 9.59 Å². The van der Waals surface area contributed by atoms with Gasteiger partial charge in [0.05, 0.1) is 13.2 Å². The number of thioether (sulfide) groups is 1. The summed E-state index contributed by atoms with van der Waals surface area (Å²) in [4.78, 5) is 24.8. The van der Waals surface area contributed by atoms with Crippen molar-refractivity contribution in [1.29, 1.82) is 0 Å². The molecule has 1 aromatic rings. The summed E-state index contributed by atoms with van der Waals surface area (Å²) in [5.74, 6) is -0.872. The zero-order valence-electron chi connectivity index (χ0n) is 13.5. The Labute approximate surface area is 146 Å². The standard InChI is InChI=1S/C17H23ClO4S/c1-3-21-16(19)15(17(20)22-4-2)7-5-6-12-23-14-10-8-13(18)9-11-14/h8-11,15H,3-7,12H2,1-2H3. The number of esters is 2. The fourth-order valence-corrected chi connectivity index (χ4v) is 3.03. The number of benzene rings is 1. The second kappa shape index (κ2) is 11.4. The highest BCUT2D eigenvalue weighted by atomic mass is 35.5. The molecule has 0 aliphatic rings. The molecule has 0 fully saturated rings. The van der Waals surface area contributed by atoms with Crippen molar-refractivity contribution in [2.75, 3.05) is 19.0 Å². The summed E-state index contributed by atoms with van der Waals surface area (Å²) in [5, 5.41) is 0.723. The first-order valence-corrected chi connectivity index (χ1v) is 9.16. The minimum absolute atomic E-state index is 0.265. The summed E-state index contributed by atoms with van der Waals surface area (Å²) >= 11 is 7.57. The molecule has 0 aliphatic heterocycles. The van der Waals surface area contributed by atoms with Gasteiger partial charge in [0.1, 0.15) is 0 Å². The highest BCUT2D eigenvalue weighted by molar-refractivity contribution is 7.99. The van der Waals surface area contributed by atoms with Gasteiger partial charge in [-0.2, -0.15) is 0 Å². The van der Waals surface area contributed by atoms with E-state index in [4.69, 9.17) is 21.1 Å². The number of hydrogen-bond donors (Lipinski definition) is 0. The van der Waals surface area contributed by atoms with E-state index in [0.29, 0.717) is 6.42 Å². The fraction of sp³-hybridized carbons (Fsp3) is 0.529. The molecule has 128 valence electrons. The predicted molar refractivity (Wildman–Crippen MR) is 92.8 cm³/mol. The molecule has 0 bridgehead atoms. The number of ether oxygens (including phenoxy) is 2. The minimum Gasteiger partial charge on any atom is -0.465 e. The van der Waals surface area contributed by atoms with Crippen LogP contribution in [-0.4, -0.2) is 30.9 Å². The van der Waals surface area contributed by atoms with Gasteiger partial charge >= 0.3 is 11.9 Å². The third kappa shape index (κ3) is 7.75. The largest absolute Gasteiger partial charge is 0.465 e. The maximum absolute atomic E-state index is 11.8. The van der Waals surface area contributed by atoms with Crippen LogP contribution in [0.15, 0.2) is 29.2 Å². The average Bonchev–Trinajstić information content (AvgIpc) is 2.53. The summed E-state index contributed by atoms with van der Waals surface area (Å²) in [6.45, 7) is 3.98. The number of carbonyl (C=O) groups excluding carboxylic acids is 2. The normalized spacial score (nSPS) is 10.6. The van der Waals surface area contributed by atoms with E-state index in [1.165, 1.54) is 0 Å². The Hall–Kier alpha value is -1.20. The first-order chi connectivity index (χ1) is 11.1. The van der Waals surface area contributed by atoms with Crippen LogP contribution in [0.1, 0.15) is 33.1 Å². The Balaban J connectivity index is 2.35. The zero-order chi connectivity index (χ0) is 17.1. The SMILES string of the molecule is CCOC(=O)C(CCCCSc1ccc(Cl)cc1)C(=O)OCC. The van der Waals surface area contributed by atoms with Gasteiger partial charge in [0, 0.05) is 9.92 Å². The predicted octanol–water partition coefficient (Wildman–Crippen LogP) is 4.34. The molecule has 0 unspecified atom stereocenters. The zero-order valence-corrected chi connectivity index (χ0v) is 15.1. The van der Waals surface area contributed by atoms with Crippen molar-refractivity contribution in [3.63, 3.8) is 0 Å².